The normalized spacial score (nSPS) is 10.5. The summed E-state index contributed by atoms with van der Waals surface area (Å²) in [5, 5.41) is 14.2. The maximum Gasteiger partial charge on any atom is 0.225 e. The second-order valence-electron chi connectivity index (χ2n) is 8.39. The van der Waals surface area contributed by atoms with Gasteiger partial charge < -0.3 is 14.8 Å². The Morgan fingerprint density at radius 3 is 2.50 bits per heavy atom. The van der Waals surface area contributed by atoms with Crippen molar-refractivity contribution in [3.05, 3.63) is 88.9 Å². The number of rotatable bonds is 9. The minimum Gasteiger partial charge on any atom is -0.497 e. The zero-order valence-electron chi connectivity index (χ0n) is 21.2. The minimum atomic E-state index is -0.148. The molecule has 0 atom stereocenters. The van der Waals surface area contributed by atoms with Gasteiger partial charge in [0.1, 0.15) is 22.6 Å². The van der Waals surface area contributed by atoms with Gasteiger partial charge in [0, 0.05) is 39.6 Å². The molecule has 0 aliphatic rings. The number of amides is 1. The number of benzene rings is 3. The maximum absolute atomic E-state index is 12.6. The van der Waals surface area contributed by atoms with Crippen LogP contribution in [-0.4, -0.2) is 30.9 Å². The number of aryl methyl sites for hydroxylation is 1. The lowest BCUT2D eigenvalue weighted by Gasteiger charge is -2.15. The fourth-order valence-electron chi connectivity index (χ4n) is 3.86. The average Bonchev–Trinajstić information content (AvgIpc) is 2.94. The number of ether oxygens (including phenoxy) is 2. The number of halogens is 1. The summed E-state index contributed by atoms with van der Waals surface area (Å²) in [4.78, 5) is 17.4. The van der Waals surface area contributed by atoms with E-state index in [0.717, 1.165) is 16.7 Å². The summed E-state index contributed by atoms with van der Waals surface area (Å²) in [7, 11) is 3.18. The molecular formula is C30H26ClN3O3S. The quantitative estimate of drug-likeness (QED) is 0.222. The zero-order chi connectivity index (χ0) is 27.1. The number of nitrogens with zero attached hydrogens (tertiary/aromatic N) is 2. The number of methoxy groups -OCH3 is 2. The summed E-state index contributed by atoms with van der Waals surface area (Å²) in [6.07, 6.45) is 0.232. The van der Waals surface area contributed by atoms with Gasteiger partial charge in [-0.3, -0.25) is 4.79 Å². The van der Waals surface area contributed by atoms with Gasteiger partial charge in [-0.1, -0.05) is 48.0 Å². The predicted molar refractivity (Wildman–Crippen MR) is 153 cm³/mol. The molecule has 0 saturated heterocycles. The Hall–Kier alpha value is -3.99. The summed E-state index contributed by atoms with van der Waals surface area (Å²) in [5.74, 6) is 1.54. The Balaban J connectivity index is 1.66. The molecule has 8 heteroatoms. The Morgan fingerprint density at radius 1 is 1.03 bits per heavy atom. The van der Waals surface area contributed by atoms with Gasteiger partial charge in [0.2, 0.25) is 5.91 Å². The number of carbonyl (C=O) groups is 1. The number of nitrogens with one attached hydrogen (secondary N) is 1. The predicted octanol–water partition coefficient (Wildman–Crippen LogP) is 7.39. The van der Waals surface area contributed by atoms with Crippen molar-refractivity contribution in [3.8, 4) is 40.0 Å². The summed E-state index contributed by atoms with van der Waals surface area (Å²) >= 11 is 7.54. The zero-order valence-corrected chi connectivity index (χ0v) is 22.8. The Labute approximate surface area is 231 Å². The Kier molecular flexibility index (Phi) is 8.90. The fourth-order valence-corrected chi connectivity index (χ4v) is 4.99. The highest BCUT2D eigenvalue weighted by molar-refractivity contribution is 7.99. The van der Waals surface area contributed by atoms with Crippen molar-refractivity contribution in [2.24, 2.45) is 0 Å². The number of aromatic nitrogens is 1. The number of anilines is 1. The van der Waals surface area contributed by atoms with E-state index in [-0.39, 0.29) is 12.3 Å². The smallest absolute Gasteiger partial charge is 0.225 e. The molecule has 1 aromatic heterocycles. The van der Waals surface area contributed by atoms with Crippen molar-refractivity contribution in [1.29, 1.82) is 5.26 Å². The molecular weight excluding hydrogens is 518 g/mol. The molecule has 0 spiro atoms. The van der Waals surface area contributed by atoms with Crippen LogP contribution in [0.1, 0.15) is 17.5 Å². The first kappa shape index (κ1) is 27.1. The number of nitriles is 1. The molecule has 0 fully saturated rings. The van der Waals surface area contributed by atoms with E-state index in [4.69, 9.17) is 26.1 Å². The van der Waals surface area contributed by atoms with Crippen LogP contribution in [-0.2, 0) is 4.79 Å². The second-order valence-corrected chi connectivity index (χ2v) is 9.88. The first-order chi connectivity index (χ1) is 18.4. The molecule has 0 bridgehead atoms. The lowest BCUT2D eigenvalue weighted by Crippen LogP contribution is -2.12. The van der Waals surface area contributed by atoms with E-state index in [2.05, 4.69) is 11.4 Å². The molecule has 4 aromatic rings. The van der Waals surface area contributed by atoms with Crippen molar-refractivity contribution >= 4 is 35.0 Å². The number of thioether (sulfide) groups is 1. The number of hydrogen-bond donors (Lipinski definition) is 1. The molecule has 0 aliphatic heterocycles. The largest absolute Gasteiger partial charge is 0.497 e. The molecule has 0 saturated carbocycles. The van der Waals surface area contributed by atoms with Crippen LogP contribution in [0.3, 0.4) is 0 Å². The highest BCUT2D eigenvalue weighted by Crippen LogP contribution is 2.40. The topological polar surface area (TPSA) is 84.2 Å². The summed E-state index contributed by atoms with van der Waals surface area (Å²) in [6.45, 7) is 1.91. The van der Waals surface area contributed by atoms with E-state index < -0.39 is 0 Å². The summed E-state index contributed by atoms with van der Waals surface area (Å²) in [5.41, 5.74) is 5.02. The molecule has 192 valence electrons. The lowest BCUT2D eigenvalue weighted by atomic mass is 9.98. The maximum atomic E-state index is 12.6. The molecule has 3 aromatic carbocycles. The van der Waals surface area contributed by atoms with E-state index in [1.165, 1.54) is 11.8 Å². The highest BCUT2D eigenvalue weighted by atomic mass is 35.5. The number of pyridine rings is 1. The van der Waals surface area contributed by atoms with Crippen LogP contribution in [0.2, 0.25) is 5.02 Å². The summed E-state index contributed by atoms with van der Waals surface area (Å²) < 4.78 is 11.1. The van der Waals surface area contributed by atoms with Gasteiger partial charge in [-0.25, -0.2) is 4.98 Å². The van der Waals surface area contributed by atoms with Gasteiger partial charge in [0.05, 0.1) is 25.5 Å². The van der Waals surface area contributed by atoms with Gasteiger partial charge >= 0.3 is 0 Å². The Morgan fingerprint density at radius 2 is 1.82 bits per heavy atom. The molecule has 0 aliphatic carbocycles. The molecule has 0 unspecified atom stereocenters. The van der Waals surface area contributed by atoms with Crippen molar-refractivity contribution in [3.63, 3.8) is 0 Å². The van der Waals surface area contributed by atoms with Gasteiger partial charge in [0.25, 0.3) is 0 Å². The SMILES string of the molecule is COc1ccc(OC)c(-c2cc(-c3ccccc3)nc(SCCC(=O)Nc3ccc(C)c(Cl)c3)c2C#N)c1. The van der Waals surface area contributed by atoms with Crippen LogP contribution < -0.4 is 14.8 Å². The molecule has 1 N–H and O–H groups in total. The molecule has 0 radical (unpaired) electrons. The second kappa shape index (κ2) is 12.5. The number of carbonyl (C=O) groups excluding carboxylic acids is 1. The van der Waals surface area contributed by atoms with Crippen LogP contribution >= 0.6 is 23.4 Å². The lowest BCUT2D eigenvalue weighted by molar-refractivity contribution is -0.115. The molecule has 4 rings (SSSR count). The molecule has 6 nitrogen and oxygen atoms in total. The average molecular weight is 544 g/mol. The van der Waals surface area contributed by atoms with Crippen molar-refractivity contribution in [2.75, 3.05) is 25.3 Å². The van der Waals surface area contributed by atoms with Gasteiger partial charge in [-0.15, -0.1) is 11.8 Å². The number of hydrogen-bond acceptors (Lipinski definition) is 6. The minimum absolute atomic E-state index is 0.148. The van der Waals surface area contributed by atoms with E-state index in [1.54, 1.807) is 20.3 Å². The standard InChI is InChI=1S/C30H26ClN3O3S/c1-19-9-10-21(15-26(19)31)33-29(35)13-14-38-30-25(18-32)23(17-27(34-30)20-7-5-4-6-8-20)24-16-22(36-2)11-12-28(24)37-3/h4-12,15-17H,13-14H2,1-3H3,(H,33,35). The molecule has 38 heavy (non-hydrogen) atoms. The highest BCUT2D eigenvalue weighted by Gasteiger charge is 2.19. The van der Waals surface area contributed by atoms with E-state index in [0.29, 0.717) is 49.8 Å². The third-order valence-corrected chi connectivity index (χ3v) is 7.27. The molecule has 1 amide bonds. The van der Waals surface area contributed by atoms with E-state index in [1.807, 2.05) is 73.7 Å². The van der Waals surface area contributed by atoms with Crippen molar-refractivity contribution < 1.29 is 14.3 Å². The van der Waals surface area contributed by atoms with Crippen LogP contribution in [0.5, 0.6) is 11.5 Å². The fraction of sp³-hybridized carbons (Fsp3) is 0.167. The molecule has 1 heterocycles. The first-order valence-electron chi connectivity index (χ1n) is 11.8. The Bertz CT molecular complexity index is 1500. The van der Waals surface area contributed by atoms with E-state index >= 15 is 0 Å². The van der Waals surface area contributed by atoms with Crippen molar-refractivity contribution in [1.82, 2.24) is 4.98 Å². The third kappa shape index (κ3) is 6.28. The monoisotopic (exact) mass is 543 g/mol. The van der Waals surface area contributed by atoms with Crippen LogP contribution in [0.25, 0.3) is 22.4 Å². The van der Waals surface area contributed by atoms with Gasteiger partial charge in [-0.05, 0) is 48.9 Å². The summed E-state index contributed by atoms with van der Waals surface area (Å²) in [6, 6.07) is 24.8. The van der Waals surface area contributed by atoms with Crippen molar-refractivity contribution in [2.45, 2.75) is 18.4 Å². The van der Waals surface area contributed by atoms with Crippen LogP contribution in [0, 0.1) is 18.3 Å². The van der Waals surface area contributed by atoms with Gasteiger partial charge in [-0.2, -0.15) is 5.26 Å². The first-order valence-corrected chi connectivity index (χ1v) is 13.2. The third-order valence-electron chi connectivity index (χ3n) is 5.89. The van der Waals surface area contributed by atoms with E-state index in [9.17, 15) is 10.1 Å². The van der Waals surface area contributed by atoms with Gasteiger partial charge in [0.15, 0.2) is 0 Å². The van der Waals surface area contributed by atoms with Crippen LogP contribution in [0.15, 0.2) is 77.8 Å². The van der Waals surface area contributed by atoms with Crippen LogP contribution in [0.4, 0.5) is 5.69 Å².